The zero-order chi connectivity index (χ0) is 15.4. The molecule has 0 fully saturated rings. The predicted octanol–water partition coefficient (Wildman–Crippen LogP) is 1.05. The first-order valence-electron chi connectivity index (χ1n) is 6.59. The number of hydrogen-bond acceptors (Lipinski definition) is 4. The van der Waals surface area contributed by atoms with Gasteiger partial charge in [-0.3, -0.25) is 14.4 Å². The molecule has 1 aromatic carbocycles. The van der Waals surface area contributed by atoms with Crippen molar-refractivity contribution in [2.75, 3.05) is 6.61 Å². The second-order valence-electron chi connectivity index (χ2n) is 4.63. The standard InChI is InChI=1S/C15H16N2O4/c1-2-21-15(20)12(8-13(16)18)9-3-4-11-10(7-9)5-6-17-14(11)19/h3-7,12H,2,8H2,1H3,(H2,16,18)(H,17,19). The quantitative estimate of drug-likeness (QED) is 0.803. The summed E-state index contributed by atoms with van der Waals surface area (Å²) in [5.41, 5.74) is 5.60. The number of hydrogen-bond donors (Lipinski definition) is 2. The van der Waals surface area contributed by atoms with Crippen LogP contribution in [0.4, 0.5) is 0 Å². The van der Waals surface area contributed by atoms with E-state index in [0.717, 1.165) is 0 Å². The average Bonchev–Trinajstić information content (AvgIpc) is 2.44. The molecular weight excluding hydrogens is 272 g/mol. The van der Waals surface area contributed by atoms with Gasteiger partial charge in [-0.15, -0.1) is 0 Å². The lowest BCUT2D eigenvalue weighted by Gasteiger charge is -2.15. The maximum atomic E-state index is 12.0. The Morgan fingerprint density at radius 1 is 1.33 bits per heavy atom. The maximum absolute atomic E-state index is 12.0. The fourth-order valence-electron chi connectivity index (χ4n) is 2.21. The highest BCUT2D eigenvalue weighted by atomic mass is 16.5. The van der Waals surface area contributed by atoms with Crippen molar-refractivity contribution >= 4 is 22.6 Å². The van der Waals surface area contributed by atoms with Gasteiger partial charge in [-0.05, 0) is 30.0 Å². The Labute approximate surface area is 120 Å². The molecular formula is C15H16N2O4. The van der Waals surface area contributed by atoms with Gasteiger partial charge in [0.2, 0.25) is 5.91 Å². The van der Waals surface area contributed by atoms with Crippen LogP contribution in [0.5, 0.6) is 0 Å². The second kappa shape index (κ2) is 6.21. The molecule has 0 bridgehead atoms. The SMILES string of the molecule is CCOC(=O)C(CC(N)=O)c1ccc2c(=O)[nH]ccc2c1. The number of ether oxygens (including phenoxy) is 1. The second-order valence-corrected chi connectivity index (χ2v) is 4.63. The van der Waals surface area contributed by atoms with Crippen LogP contribution in [0.25, 0.3) is 10.8 Å². The molecule has 0 radical (unpaired) electrons. The zero-order valence-electron chi connectivity index (χ0n) is 11.6. The molecule has 1 unspecified atom stereocenters. The van der Waals surface area contributed by atoms with Crippen molar-refractivity contribution in [3.63, 3.8) is 0 Å². The third kappa shape index (κ3) is 3.28. The first kappa shape index (κ1) is 14.8. The van der Waals surface area contributed by atoms with Crippen LogP contribution < -0.4 is 11.3 Å². The average molecular weight is 288 g/mol. The van der Waals surface area contributed by atoms with Gasteiger partial charge in [0.05, 0.1) is 12.5 Å². The minimum absolute atomic E-state index is 0.131. The Hall–Kier alpha value is -2.63. The van der Waals surface area contributed by atoms with Crippen molar-refractivity contribution in [2.24, 2.45) is 5.73 Å². The van der Waals surface area contributed by atoms with E-state index in [0.29, 0.717) is 16.3 Å². The van der Waals surface area contributed by atoms with E-state index in [1.165, 1.54) is 6.20 Å². The molecule has 21 heavy (non-hydrogen) atoms. The van der Waals surface area contributed by atoms with E-state index >= 15 is 0 Å². The minimum atomic E-state index is -0.758. The largest absolute Gasteiger partial charge is 0.466 e. The topological polar surface area (TPSA) is 102 Å². The highest BCUT2D eigenvalue weighted by Gasteiger charge is 2.24. The summed E-state index contributed by atoms with van der Waals surface area (Å²) in [4.78, 5) is 37.4. The number of aromatic amines is 1. The van der Waals surface area contributed by atoms with Crippen LogP contribution in [-0.2, 0) is 14.3 Å². The van der Waals surface area contributed by atoms with Crippen LogP contribution >= 0.6 is 0 Å². The molecule has 2 rings (SSSR count). The summed E-state index contributed by atoms with van der Waals surface area (Å²) in [5.74, 6) is -1.84. The Kier molecular flexibility index (Phi) is 4.37. The van der Waals surface area contributed by atoms with Gasteiger partial charge in [-0.1, -0.05) is 12.1 Å². The minimum Gasteiger partial charge on any atom is -0.466 e. The number of fused-ring (bicyclic) bond motifs is 1. The molecule has 1 heterocycles. The van der Waals surface area contributed by atoms with Crippen LogP contribution in [0, 0.1) is 0 Å². The molecule has 1 aromatic heterocycles. The van der Waals surface area contributed by atoms with Gasteiger partial charge in [0.25, 0.3) is 5.56 Å². The zero-order valence-corrected chi connectivity index (χ0v) is 11.6. The molecule has 0 aliphatic rings. The van der Waals surface area contributed by atoms with Crippen molar-refractivity contribution in [3.8, 4) is 0 Å². The van der Waals surface area contributed by atoms with Gasteiger partial charge < -0.3 is 15.5 Å². The van der Waals surface area contributed by atoms with E-state index in [2.05, 4.69) is 4.98 Å². The Bertz CT molecular complexity index is 736. The van der Waals surface area contributed by atoms with E-state index < -0.39 is 17.8 Å². The van der Waals surface area contributed by atoms with Crippen LogP contribution in [0.1, 0.15) is 24.8 Å². The highest BCUT2D eigenvalue weighted by Crippen LogP contribution is 2.24. The molecule has 6 nitrogen and oxygen atoms in total. The third-order valence-electron chi connectivity index (χ3n) is 3.18. The number of primary amides is 1. The normalized spacial score (nSPS) is 12.0. The molecule has 2 aromatic rings. The number of esters is 1. The molecule has 0 spiro atoms. The van der Waals surface area contributed by atoms with Crippen molar-refractivity contribution in [1.29, 1.82) is 0 Å². The van der Waals surface area contributed by atoms with Crippen LogP contribution in [-0.4, -0.2) is 23.5 Å². The molecule has 1 atom stereocenters. The van der Waals surface area contributed by atoms with Gasteiger partial charge >= 0.3 is 5.97 Å². The molecule has 0 saturated carbocycles. The lowest BCUT2D eigenvalue weighted by molar-refractivity contribution is -0.146. The van der Waals surface area contributed by atoms with E-state index in [9.17, 15) is 14.4 Å². The lowest BCUT2D eigenvalue weighted by Crippen LogP contribution is -2.23. The number of amides is 1. The number of carbonyl (C=O) groups is 2. The summed E-state index contributed by atoms with van der Waals surface area (Å²) in [6.45, 7) is 1.92. The van der Waals surface area contributed by atoms with E-state index in [-0.39, 0.29) is 18.6 Å². The number of pyridine rings is 1. The molecule has 0 aliphatic carbocycles. The van der Waals surface area contributed by atoms with Crippen LogP contribution in [0.15, 0.2) is 35.3 Å². The number of benzene rings is 1. The maximum Gasteiger partial charge on any atom is 0.313 e. The van der Waals surface area contributed by atoms with Crippen LogP contribution in [0.2, 0.25) is 0 Å². The van der Waals surface area contributed by atoms with Crippen LogP contribution in [0.3, 0.4) is 0 Å². The Balaban J connectivity index is 2.46. The van der Waals surface area contributed by atoms with Gasteiger partial charge in [-0.25, -0.2) is 0 Å². The van der Waals surface area contributed by atoms with Crippen molar-refractivity contribution in [2.45, 2.75) is 19.3 Å². The molecule has 6 heteroatoms. The molecule has 0 saturated heterocycles. The van der Waals surface area contributed by atoms with Gasteiger partial charge in [-0.2, -0.15) is 0 Å². The number of carbonyl (C=O) groups excluding carboxylic acids is 2. The molecule has 3 N–H and O–H groups in total. The fourth-order valence-corrected chi connectivity index (χ4v) is 2.21. The smallest absolute Gasteiger partial charge is 0.313 e. The highest BCUT2D eigenvalue weighted by molar-refractivity contribution is 5.88. The van der Waals surface area contributed by atoms with Crippen molar-refractivity contribution in [3.05, 3.63) is 46.4 Å². The third-order valence-corrected chi connectivity index (χ3v) is 3.18. The molecule has 0 aliphatic heterocycles. The number of nitrogens with one attached hydrogen (secondary N) is 1. The fraction of sp³-hybridized carbons (Fsp3) is 0.267. The van der Waals surface area contributed by atoms with E-state index in [4.69, 9.17) is 10.5 Å². The summed E-state index contributed by atoms with van der Waals surface area (Å²) in [6.07, 6.45) is 1.40. The summed E-state index contributed by atoms with van der Waals surface area (Å²) >= 11 is 0. The van der Waals surface area contributed by atoms with E-state index in [1.807, 2.05) is 0 Å². The monoisotopic (exact) mass is 288 g/mol. The molecule has 110 valence electrons. The van der Waals surface area contributed by atoms with Gasteiger partial charge in [0.15, 0.2) is 0 Å². The Morgan fingerprint density at radius 2 is 2.10 bits per heavy atom. The summed E-state index contributed by atoms with van der Waals surface area (Å²) in [6, 6.07) is 6.70. The van der Waals surface area contributed by atoms with Gasteiger partial charge in [0, 0.05) is 18.0 Å². The number of H-pyrrole nitrogens is 1. The summed E-state index contributed by atoms with van der Waals surface area (Å²) < 4.78 is 4.98. The molecule has 1 amide bonds. The number of nitrogens with two attached hydrogens (primary N) is 1. The van der Waals surface area contributed by atoms with Gasteiger partial charge in [0.1, 0.15) is 0 Å². The Morgan fingerprint density at radius 3 is 2.76 bits per heavy atom. The number of aromatic nitrogens is 1. The first-order valence-corrected chi connectivity index (χ1v) is 6.59. The summed E-state index contributed by atoms with van der Waals surface area (Å²) in [5, 5.41) is 1.21. The van der Waals surface area contributed by atoms with E-state index in [1.54, 1.807) is 31.2 Å². The van der Waals surface area contributed by atoms with Crippen molar-refractivity contribution in [1.82, 2.24) is 4.98 Å². The lowest BCUT2D eigenvalue weighted by atomic mass is 9.93. The van der Waals surface area contributed by atoms with Crippen molar-refractivity contribution < 1.29 is 14.3 Å². The summed E-state index contributed by atoms with van der Waals surface area (Å²) in [7, 11) is 0. The predicted molar refractivity (Wildman–Crippen MR) is 77.8 cm³/mol. The number of rotatable bonds is 5. The first-order chi connectivity index (χ1) is 10.0.